The van der Waals surface area contributed by atoms with Crippen molar-refractivity contribution in [1.29, 1.82) is 0 Å². The number of nitrogens with zero attached hydrogens (tertiary/aromatic N) is 3. The van der Waals surface area contributed by atoms with Crippen LogP contribution in [0.15, 0.2) is 60.9 Å². The summed E-state index contributed by atoms with van der Waals surface area (Å²) in [5, 5.41) is 4.61. The molecule has 1 amide bonds. The number of amides is 1. The summed E-state index contributed by atoms with van der Waals surface area (Å²) in [6.45, 7) is 2.47. The number of carbonyl (C=O) groups is 1. The van der Waals surface area contributed by atoms with Crippen molar-refractivity contribution in [3.63, 3.8) is 0 Å². The molecule has 0 atom stereocenters. The minimum Gasteiger partial charge on any atom is -0.359 e. The minimum absolute atomic E-state index is 0.0483. The molecule has 0 unspecified atom stereocenters. The van der Waals surface area contributed by atoms with E-state index >= 15 is 0 Å². The lowest BCUT2D eigenvalue weighted by Gasteiger charge is -2.18. The molecule has 0 aliphatic carbocycles. The summed E-state index contributed by atoms with van der Waals surface area (Å²) in [6.07, 6.45) is 1.93. The van der Waals surface area contributed by atoms with E-state index in [9.17, 15) is 4.79 Å². The molecule has 0 fully saturated rings. The van der Waals surface area contributed by atoms with E-state index < -0.39 is 0 Å². The van der Waals surface area contributed by atoms with Crippen molar-refractivity contribution in [2.75, 3.05) is 23.8 Å². The van der Waals surface area contributed by atoms with Crippen molar-refractivity contribution in [3.8, 4) is 10.4 Å². The highest BCUT2D eigenvalue weighted by molar-refractivity contribution is 7.21. The third-order valence-electron chi connectivity index (χ3n) is 4.87. The van der Waals surface area contributed by atoms with Gasteiger partial charge in [0.05, 0.1) is 5.39 Å². The van der Waals surface area contributed by atoms with Crippen LogP contribution in [-0.2, 0) is 4.79 Å². The van der Waals surface area contributed by atoms with Gasteiger partial charge in [-0.15, -0.1) is 11.3 Å². The van der Waals surface area contributed by atoms with Crippen LogP contribution < -0.4 is 10.2 Å². The number of aryl methyl sites for hydroxylation is 1. The van der Waals surface area contributed by atoms with Gasteiger partial charge in [-0.1, -0.05) is 41.9 Å². The van der Waals surface area contributed by atoms with Crippen molar-refractivity contribution in [1.82, 2.24) is 9.97 Å². The monoisotopic (exact) mass is 436 g/mol. The quantitative estimate of drug-likeness (QED) is 0.416. The van der Waals surface area contributed by atoms with Crippen LogP contribution in [0.3, 0.4) is 0 Å². The Labute approximate surface area is 184 Å². The molecule has 0 aliphatic rings. The number of hydrogen-bond acceptors (Lipinski definition) is 5. The Morgan fingerprint density at radius 1 is 1.13 bits per heavy atom. The van der Waals surface area contributed by atoms with E-state index in [-0.39, 0.29) is 5.91 Å². The fourth-order valence-electron chi connectivity index (χ4n) is 3.25. The predicted molar refractivity (Wildman–Crippen MR) is 126 cm³/mol. The molecule has 0 aliphatic heterocycles. The summed E-state index contributed by atoms with van der Waals surface area (Å²) in [6, 6.07) is 17.8. The average molecular weight is 437 g/mol. The standard InChI is InChI=1S/C23H21ClN4OS/c1-15-12-17(24)8-9-19(15)27-21(29)10-11-28(2)22-18-13-20(16-6-4-3-5-7-16)30-23(18)26-14-25-22/h3-9,12-14H,10-11H2,1-2H3,(H,27,29). The summed E-state index contributed by atoms with van der Waals surface area (Å²) in [7, 11) is 1.95. The summed E-state index contributed by atoms with van der Waals surface area (Å²) < 4.78 is 0. The fraction of sp³-hybridized carbons (Fsp3) is 0.174. The zero-order valence-electron chi connectivity index (χ0n) is 16.7. The molecule has 0 bridgehead atoms. The Balaban J connectivity index is 1.47. The number of anilines is 2. The Bertz CT molecular complexity index is 1190. The number of carbonyl (C=O) groups excluding carboxylic acids is 1. The predicted octanol–water partition coefficient (Wildman–Crippen LogP) is 5.79. The number of hydrogen-bond donors (Lipinski definition) is 1. The lowest BCUT2D eigenvalue weighted by atomic mass is 10.2. The van der Waals surface area contributed by atoms with E-state index in [1.165, 1.54) is 0 Å². The Morgan fingerprint density at radius 2 is 1.93 bits per heavy atom. The SMILES string of the molecule is Cc1cc(Cl)ccc1NC(=O)CCN(C)c1ncnc2sc(-c3ccccc3)cc12. The molecular formula is C23H21ClN4OS. The molecule has 4 rings (SSSR count). The second-order valence-electron chi connectivity index (χ2n) is 7.07. The molecule has 152 valence electrons. The lowest BCUT2D eigenvalue weighted by Crippen LogP contribution is -2.25. The van der Waals surface area contributed by atoms with Crippen molar-refractivity contribution in [3.05, 3.63) is 71.5 Å². The molecular weight excluding hydrogens is 416 g/mol. The number of benzene rings is 2. The van der Waals surface area contributed by atoms with Gasteiger partial charge in [-0.05, 0) is 42.3 Å². The Hall–Kier alpha value is -2.96. The number of thiophene rings is 1. The van der Waals surface area contributed by atoms with Gasteiger partial charge in [-0.3, -0.25) is 4.79 Å². The van der Waals surface area contributed by atoms with Crippen LogP contribution in [-0.4, -0.2) is 29.5 Å². The van der Waals surface area contributed by atoms with Crippen molar-refractivity contribution < 1.29 is 4.79 Å². The summed E-state index contributed by atoms with van der Waals surface area (Å²) >= 11 is 7.62. The largest absolute Gasteiger partial charge is 0.359 e. The van der Waals surface area contributed by atoms with Crippen molar-refractivity contribution in [2.45, 2.75) is 13.3 Å². The molecule has 0 spiro atoms. The molecule has 4 aromatic rings. The van der Waals surface area contributed by atoms with Gasteiger partial charge in [0, 0.05) is 35.6 Å². The highest BCUT2D eigenvalue weighted by atomic mass is 35.5. The first-order chi connectivity index (χ1) is 14.5. The second kappa shape index (κ2) is 8.81. The van der Waals surface area contributed by atoms with Gasteiger partial charge in [0.2, 0.25) is 5.91 Å². The third-order valence-corrected chi connectivity index (χ3v) is 6.19. The van der Waals surface area contributed by atoms with Crippen LogP contribution in [0.2, 0.25) is 5.02 Å². The van der Waals surface area contributed by atoms with Gasteiger partial charge in [-0.2, -0.15) is 0 Å². The third kappa shape index (κ3) is 4.45. The van der Waals surface area contributed by atoms with E-state index in [1.807, 2.05) is 49.2 Å². The number of aromatic nitrogens is 2. The van der Waals surface area contributed by atoms with E-state index in [1.54, 1.807) is 23.7 Å². The van der Waals surface area contributed by atoms with Crippen LogP contribution in [0.5, 0.6) is 0 Å². The average Bonchev–Trinajstić information content (AvgIpc) is 3.19. The maximum atomic E-state index is 12.4. The van der Waals surface area contributed by atoms with Gasteiger partial charge in [-0.25, -0.2) is 9.97 Å². The van der Waals surface area contributed by atoms with Crippen molar-refractivity contribution >= 4 is 50.6 Å². The molecule has 2 aromatic heterocycles. The highest BCUT2D eigenvalue weighted by Crippen LogP contribution is 2.35. The molecule has 0 saturated heterocycles. The van der Waals surface area contributed by atoms with Gasteiger partial charge in [0.25, 0.3) is 0 Å². The van der Waals surface area contributed by atoms with E-state index in [0.29, 0.717) is 18.0 Å². The first-order valence-corrected chi connectivity index (χ1v) is 10.8. The smallest absolute Gasteiger partial charge is 0.226 e. The Morgan fingerprint density at radius 3 is 2.70 bits per heavy atom. The first kappa shape index (κ1) is 20.3. The molecule has 0 radical (unpaired) electrons. The van der Waals surface area contributed by atoms with Crippen LogP contribution >= 0.6 is 22.9 Å². The van der Waals surface area contributed by atoms with Crippen LogP contribution in [0.1, 0.15) is 12.0 Å². The zero-order chi connectivity index (χ0) is 21.1. The lowest BCUT2D eigenvalue weighted by molar-refractivity contribution is -0.116. The Kier molecular flexibility index (Phi) is 5.97. The van der Waals surface area contributed by atoms with E-state index in [0.717, 1.165) is 37.7 Å². The van der Waals surface area contributed by atoms with Gasteiger partial charge in [0.1, 0.15) is 17.0 Å². The van der Waals surface area contributed by atoms with Crippen LogP contribution in [0.4, 0.5) is 11.5 Å². The molecule has 1 N–H and O–H groups in total. The molecule has 0 saturated carbocycles. The molecule has 7 heteroatoms. The highest BCUT2D eigenvalue weighted by Gasteiger charge is 2.14. The van der Waals surface area contributed by atoms with Gasteiger partial charge < -0.3 is 10.2 Å². The molecule has 5 nitrogen and oxygen atoms in total. The molecule has 2 heterocycles. The normalized spacial score (nSPS) is 10.9. The number of nitrogens with one attached hydrogen (secondary N) is 1. The summed E-state index contributed by atoms with van der Waals surface area (Å²) in [5.41, 5.74) is 2.88. The van der Waals surface area contributed by atoms with E-state index in [4.69, 9.17) is 11.6 Å². The maximum absolute atomic E-state index is 12.4. The minimum atomic E-state index is -0.0483. The maximum Gasteiger partial charge on any atom is 0.226 e. The van der Waals surface area contributed by atoms with Gasteiger partial charge in [0.15, 0.2) is 0 Å². The number of halogens is 1. The molecule has 30 heavy (non-hydrogen) atoms. The van der Waals surface area contributed by atoms with Crippen molar-refractivity contribution in [2.24, 2.45) is 0 Å². The van der Waals surface area contributed by atoms with E-state index in [2.05, 4.69) is 33.5 Å². The molecule has 2 aromatic carbocycles. The topological polar surface area (TPSA) is 58.1 Å². The van der Waals surface area contributed by atoms with Crippen LogP contribution in [0.25, 0.3) is 20.7 Å². The second-order valence-corrected chi connectivity index (χ2v) is 8.54. The van der Waals surface area contributed by atoms with Gasteiger partial charge >= 0.3 is 0 Å². The number of fused-ring (bicyclic) bond motifs is 1. The number of rotatable bonds is 6. The summed E-state index contributed by atoms with van der Waals surface area (Å²) in [5.74, 6) is 0.779. The van der Waals surface area contributed by atoms with Crippen LogP contribution in [0, 0.1) is 6.92 Å². The fourth-order valence-corrected chi connectivity index (χ4v) is 4.47. The first-order valence-electron chi connectivity index (χ1n) is 9.58. The summed E-state index contributed by atoms with van der Waals surface area (Å²) in [4.78, 5) is 25.4. The zero-order valence-corrected chi connectivity index (χ0v) is 18.3.